The number of hydrogen-bond acceptors (Lipinski definition) is 5. The van der Waals surface area contributed by atoms with Gasteiger partial charge in [-0.05, 0) is 25.6 Å². The third-order valence-corrected chi connectivity index (χ3v) is 3.90. The van der Waals surface area contributed by atoms with Crippen molar-refractivity contribution in [3.8, 4) is 11.5 Å². The number of nitrogens with zero attached hydrogens (tertiary/aromatic N) is 2. The monoisotopic (exact) mass is 278 g/mol. The van der Waals surface area contributed by atoms with E-state index in [1.807, 2.05) is 0 Å². The molecule has 0 radical (unpaired) electrons. The fourth-order valence-corrected chi connectivity index (χ4v) is 2.73. The van der Waals surface area contributed by atoms with E-state index in [0.717, 1.165) is 26.2 Å². The zero-order chi connectivity index (χ0) is 14.7. The van der Waals surface area contributed by atoms with Crippen LogP contribution in [-0.2, 0) is 0 Å². The van der Waals surface area contributed by atoms with Crippen LogP contribution in [0.25, 0.3) is 0 Å². The molecule has 0 saturated carbocycles. The lowest BCUT2D eigenvalue weighted by atomic mass is 10.1. The number of Topliss-reactive ketones (excluding diaryl/α,β-unsaturated/α-hetero) is 1. The molecule has 1 unspecified atom stereocenters. The molecule has 5 nitrogen and oxygen atoms in total. The molecule has 1 aliphatic rings. The van der Waals surface area contributed by atoms with Crippen molar-refractivity contribution >= 4 is 5.78 Å². The van der Waals surface area contributed by atoms with Gasteiger partial charge in [0.15, 0.2) is 5.78 Å². The van der Waals surface area contributed by atoms with Crippen molar-refractivity contribution in [2.45, 2.75) is 19.9 Å². The van der Waals surface area contributed by atoms with E-state index in [0.29, 0.717) is 12.6 Å². The number of carbonyl (C=O) groups is 1. The number of piperazine rings is 1. The van der Waals surface area contributed by atoms with Crippen LogP contribution in [0.2, 0.25) is 0 Å². The lowest BCUT2D eigenvalue weighted by Crippen LogP contribution is -2.52. The summed E-state index contributed by atoms with van der Waals surface area (Å²) in [5.41, 5.74) is 0.272. The predicted octanol–water partition coefficient (Wildman–Crippen LogP) is 1.31. The minimum Gasteiger partial charge on any atom is -0.508 e. The molecule has 110 valence electrons. The molecular formula is C15H22N2O3. The number of ketones is 1. The molecule has 1 saturated heterocycles. The first-order valence-corrected chi connectivity index (χ1v) is 7.02. The van der Waals surface area contributed by atoms with Gasteiger partial charge >= 0.3 is 0 Å². The Balaban J connectivity index is 1.98. The quantitative estimate of drug-likeness (QED) is 0.813. The fraction of sp³-hybridized carbons (Fsp3) is 0.533. The molecule has 5 heteroatoms. The molecule has 1 aliphatic heterocycles. The van der Waals surface area contributed by atoms with E-state index in [4.69, 9.17) is 0 Å². The van der Waals surface area contributed by atoms with Crippen molar-refractivity contribution in [1.29, 1.82) is 0 Å². The molecular weight excluding hydrogens is 256 g/mol. The SMILES string of the molecule is CCN1CCN(CC(=O)c2ccc(O)cc2O)CC1C. The lowest BCUT2D eigenvalue weighted by molar-refractivity contribution is 0.0721. The van der Waals surface area contributed by atoms with Gasteiger partial charge in [0, 0.05) is 31.7 Å². The van der Waals surface area contributed by atoms with Crippen LogP contribution in [0.15, 0.2) is 18.2 Å². The number of carbonyl (C=O) groups excluding carboxylic acids is 1. The lowest BCUT2D eigenvalue weighted by Gasteiger charge is -2.39. The van der Waals surface area contributed by atoms with Gasteiger partial charge in [0.05, 0.1) is 12.1 Å². The van der Waals surface area contributed by atoms with Crippen molar-refractivity contribution < 1.29 is 15.0 Å². The Bertz CT molecular complexity index is 490. The highest BCUT2D eigenvalue weighted by Crippen LogP contribution is 2.23. The zero-order valence-electron chi connectivity index (χ0n) is 12.0. The van der Waals surface area contributed by atoms with Crippen molar-refractivity contribution in [1.82, 2.24) is 9.80 Å². The molecule has 1 aromatic rings. The average molecular weight is 278 g/mol. The van der Waals surface area contributed by atoms with E-state index in [-0.39, 0.29) is 22.8 Å². The zero-order valence-corrected chi connectivity index (χ0v) is 12.0. The third kappa shape index (κ3) is 3.29. The topological polar surface area (TPSA) is 64.0 Å². The van der Waals surface area contributed by atoms with Crippen LogP contribution in [-0.4, -0.2) is 64.6 Å². The Morgan fingerprint density at radius 2 is 2.10 bits per heavy atom. The van der Waals surface area contributed by atoms with Gasteiger partial charge in [0.25, 0.3) is 0 Å². The first-order valence-electron chi connectivity index (χ1n) is 7.02. The number of likely N-dealkylation sites (N-methyl/N-ethyl adjacent to an activating group) is 1. The van der Waals surface area contributed by atoms with Gasteiger partial charge in [-0.25, -0.2) is 0 Å². The molecule has 0 aliphatic carbocycles. The van der Waals surface area contributed by atoms with Crippen LogP contribution in [0.3, 0.4) is 0 Å². The third-order valence-electron chi connectivity index (χ3n) is 3.90. The van der Waals surface area contributed by atoms with Gasteiger partial charge < -0.3 is 10.2 Å². The summed E-state index contributed by atoms with van der Waals surface area (Å²) in [5.74, 6) is -0.306. The maximum Gasteiger partial charge on any atom is 0.180 e. The minimum atomic E-state index is -0.157. The second-order valence-corrected chi connectivity index (χ2v) is 5.34. The molecule has 0 spiro atoms. The second kappa shape index (κ2) is 6.24. The van der Waals surface area contributed by atoms with Gasteiger partial charge in [-0.3, -0.25) is 14.6 Å². The summed E-state index contributed by atoms with van der Waals surface area (Å²) >= 11 is 0. The van der Waals surface area contributed by atoms with Gasteiger partial charge in [-0.2, -0.15) is 0 Å². The number of benzene rings is 1. The Hall–Kier alpha value is -1.59. The molecule has 0 amide bonds. The first kappa shape index (κ1) is 14.8. The number of hydrogen-bond donors (Lipinski definition) is 2. The summed E-state index contributed by atoms with van der Waals surface area (Å²) in [6, 6.07) is 4.53. The van der Waals surface area contributed by atoms with Crippen LogP contribution in [0.1, 0.15) is 24.2 Å². The van der Waals surface area contributed by atoms with Gasteiger partial charge in [-0.15, -0.1) is 0 Å². The molecule has 2 N–H and O–H groups in total. The largest absolute Gasteiger partial charge is 0.508 e. The molecule has 0 bridgehead atoms. The second-order valence-electron chi connectivity index (χ2n) is 5.34. The summed E-state index contributed by atoms with van der Waals surface area (Å²) in [7, 11) is 0. The Morgan fingerprint density at radius 3 is 2.70 bits per heavy atom. The molecule has 1 heterocycles. The molecule has 1 aromatic carbocycles. The molecule has 0 aromatic heterocycles. The van der Waals surface area contributed by atoms with Crippen LogP contribution in [0.4, 0.5) is 0 Å². The maximum atomic E-state index is 12.2. The summed E-state index contributed by atoms with van der Waals surface area (Å²) in [6.45, 7) is 8.33. The highest BCUT2D eigenvalue weighted by molar-refractivity contribution is 6.00. The fourth-order valence-electron chi connectivity index (χ4n) is 2.73. The Kier molecular flexibility index (Phi) is 4.62. The van der Waals surface area contributed by atoms with Crippen molar-refractivity contribution in [3.63, 3.8) is 0 Å². The van der Waals surface area contributed by atoms with Crippen molar-refractivity contribution in [3.05, 3.63) is 23.8 Å². The van der Waals surface area contributed by atoms with E-state index in [2.05, 4.69) is 23.6 Å². The summed E-state index contributed by atoms with van der Waals surface area (Å²) in [4.78, 5) is 16.7. The number of phenolic OH excluding ortho intramolecular Hbond substituents is 2. The highest BCUT2D eigenvalue weighted by Gasteiger charge is 2.24. The normalized spacial score (nSPS) is 21.0. The maximum absolute atomic E-state index is 12.2. The van der Waals surface area contributed by atoms with E-state index >= 15 is 0 Å². The van der Waals surface area contributed by atoms with Crippen LogP contribution in [0, 0.1) is 0 Å². The predicted molar refractivity (Wildman–Crippen MR) is 77.3 cm³/mol. The highest BCUT2D eigenvalue weighted by atomic mass is 16.3. The standard InChI is InChI=1S/C15H22N2O3/c1-3-17-7-6-16(9-11(17)2)10-15(20)13-5-4-12(18)8-14(13)19/h4-5,8,11,18-19H,3,6-7,9-10H2,1-2H3. The van der Waals surface area contributed by atoms with Crippen LogP contribution >= 0.6 is 0 Å². The Morgan fingerprint density at radius 1 is 1.35 bits per heavy atom. The first-order chi connectivity index (χ1) is 9.51. The number of rotatable bonds is 4. The molecule has 1 atom stereocenters. The summed E-state index contributed by atoms with van der Waals surface area (Å²) in [5, 5.41) is 19.0. The van der Waals surface area contributed by atoms with Crippen molar-refractivity contribution in [2.24, 2.45) is 0 Å². The van der Waals surface area contributed by atoms with E-state index in [9.17, 15) is 15.0 Å². The number of aromatic hydroxyl groups is 2. The van der Waals surface area contributed by atoms with E-state index in [1.165, 1.54) is 18.2 Å². The van der Waals surface area contributed by atoms with Gasteiger partial charge in [0.2, 0.25) is 0 Å². The summed E-state index contributed by atoms with van der Waals surface area (Å²) < 4.78 is 0. The van der Waals surface area contributed by atoms with Crippen molar-refractivity contribution in [2.75, 3.05) is 32.7 Å². The average Bonchev–Trinajstić information content (AvgIpc) is 2.38. The molecule has 2 rings (SSSR count). The van der Waals surface area contributed by atoms with Gasteiger partial charge in [-0.1, -0.05) is 6.92 Å². The number of phenols is 2. The summed E-state index contributed by atoms with van der Waals surface area (Å²) in [6.07, 6.45) is 0. The molecule has 20 heavy (non-hydrogen) atoms. The molecule has 1 fully saturated rings. The van der Waals surface area contributed by atoms with Crippen LogP contribution < -0.4 is 0 Å². The van der Waals surface area contributed by atoms with E-state index < -0.39 is 0 Å². The van der Waals surface area contributed by atoms with Crippen LogP contribution in [0.5, 0.6) is 11.5 Å². The van der Waals surface area contributed by atoms with E-state index in [1.54, 1.807) is 0 Å². The smallest absolute Gasteiger partial charge is 0.180 e. The van der Waals surface area contributed by atoms with Gasteiger partial charge in [0.1, 0.15) is 11.5 Å². The Labute approximate surface area is 119 Å². The minimum absolute atomic E-state index is 0.0377.